The number of ether oxygens (including phenoxy) is 1. The molecule has 1 heterocycles. The highest BCUT2D eigenvalue weighted by Gasteiger charge is 2.14. The van der Waals surface area contributed by atoms with Gasteiger partial charge in [0.25, 0.3) is 5.24 Å². The molecule has 0 amide bonds. The van der Waals surface area contributed by atoms with Gasteiger partial charge in [-0.05, 0) is 42.3 Å². The zero-order valence-electron chi connectivity index (χ0n) is 10.7. The Morgan fingerprint density at radius 2 is 2.30 bits per heavy atom. The molecular formula is C13H13ClN2O2S2. The van der Waals surface area contributed by atoms with Gasteiger partial charge in [0.1, 0.15) is 6.61 Å². The predicted molar refractivity (Wildman–Crippen MR) is 84.0 cm³/mol. The van der Waals surface area contributed by atoms with Gasteiger partial charge in [0, 0.05) is 28.3 Å². The average Bonchev–Trinajstić information content (AvgIpc) is 2.83. The van der Waals surface area contributed by atoms with Crippen LogP contribution in [0.5, 0.6) is 5.88 Å². The van der Waals surface area contributed by atoms with Gasteiger partial charge in [-0.2, -0.15) is 0 Å². The molecule has 1 aromatic heterocycles. The van der Waals surface area contributed by atoms with Crippen molar-refractivity contribution in [2.24, 2.45) is 0 Å². The van der Waals surface area contributed by atoms with Crippen molar-refractivity contribution >= 4 is 41.4 Å². The SMILES string of the molecule is CCSc1cccc(C(=O)Cl)c1COc1ccn(S)n1. The first-order valence-electron chi connectivity index (χ1n) is 5.94. The molecule has 0 saturated heterocycles. The van der Waals surface area contributed by atoms with Gasteiger partial charge in [0.2, 0.25) is 5.88 Å². The summed E-state index contributed by atoms with van der Waals surface area (Å²) < 4.78 is 6.94. The maximum absolute atomic E-state index is 11.5. The van der Waals surface area contributed by atoms with Crippen LogP contribution in [0.4, 0.5) is 0 Å². The number of carbonyl (C=O) groups excluding carboxylic acids is 1. The standard InChI is InChI=1S/C13H13ClN2O2S2/c1-2-20-11-5-3-4-9(13(14)17)10(11)8-18-12-6-7-16(19)15-12/h3-7,19H,2,8H2,1H3. The second-order valence-electron chi connectivity index (χ2n) is 3.85. The van der Waals surface area contributed by atoms with Crippen LogP contribution in [0.2, 0.25) is 0 Å². The summed E-state index contributed by atoms with van der Waals surface area (Å²) in [6.45, 7) is 2.29. The maximum atomic E-state index is 11.5. The van der Waals surface area contributed by atoms with Gasteiger partial charge in [0.15, 0.2) is 0 Å². The van der Waals surface area contributed by atoms with Crippen LogP contribution >= 0.6 is 36.2 Å². The van der Waals surface area contributed by atoms with Crippen molar-refractivity contribution in [3.8, 4) is 5.88 Å². The van der Waals surface area contributed by atoms with E-state index in [-0.39, 0.29) is 6.61 Å². The highest BCUT2D eigenvalue weighted by molar-refractivity contribution is 7.99. The van der Waals surface area contributed by atoms with E-state index < -0.39 is 5.24 Å². The van der Waals surface area contributed by atoms with Crippen molar-refractivity contribution in [3.05, 3.63) is 41.6 Å². The molecule has 7 heteroatoms. The third kappa shape index (κ3) is 3.71. The van der Waals surface area contributed by atoms with Crippen LogP contribution in [-0.4, -0.2) is 20.2 Å². The number of rotatable bonds is 6. The van der Waals surface area contributed by atoms with Crippen molar-refractivity contribution in [2.75, 3.05) is 5.75 Å². The molecule has 106 valence electrons. The molecule has 4 nitrogen and oxygen atoms in total. The van der Waals surface area contributed by atoms with Gasteiger partial charge in [-0.15, -0.1) is 16.9 Å². The number of nitrogens with zero attached hydrogens (tertiary/aromatic N) is 2. The van der Waals surface area contributed by atoms with Crippen molar-refractivity contribution in [1.82, 2.24) is 9.19 Å². The lowest BCUT2D eigenvalue weighted by Crippen LogP contribution is -2.05. The molecule has 0 aliphatic heterocycles. The molecule has 0 unspecified atom stereocenters. The molecule has 20 heavy (non-hydrogen) atoms. The van der Waals surface area contributed by atoms with E-state index in [4.69, 9.17) is 16.3 Å². The van der Waals surface area contributed by atoms with Gasteiger partial charge in [-0.1, -0.05) is 13.0 Å². The maximum Gasteiger partial charge on any atom is 0.252 e. The Morgan fingerprint density at radius 1 is 1.50 bits per heavy atom. The van der Waals surface area contributed by atoms with E-state index in [0.717, 1.165) is 16.2 Å². The summed E-state index contributed by atoms with van der Waals surface area (Å²) >= 11 is 11.3. The van der Waals surface area contributed by atoms with Crippen molar-refractivity contribution in [3.63, 3.8) is 0 Å². The minimum atomic E-state index is -0.484. The number of thiol groups is 1. The molecule has 0 aliphatic carbocycles. The number of benzene rings is 1. The summed E-state index contributed by atoms with van der Waals surface area (Å²) in [5, 5.41) is 3.53. The Bertz CT molecular complexity index is 616. The van der Waals surface area contributed by atoms with Crippen LogP contribution < -0.4 is 4.74 Å². The van der Waals surface area contributed by atoms with Gasteiger partial charge in [-0.3, -0.25) is 4.79 Å². The number of halogens is 1. The van der Waals surface area contributed by atoms with Gasteiger partial charge in [0.05, 0.1) is 0 Å². The molecule has 0 radical (unpaired) electrons. The van der Waals surface area contributed by atoms with Crippen LogP contribution in [0.1, 0.15) is 22.8 Å². The van der Waals surface area contributed by atoms with Crippen LogP contribution in [0, 0.1) is 0 Å². The van der Waals surface area contributed by atoms with E-state index in [9.17, 15) is 4.79 Å². The lowest BCUT2D eigenvalue weighted by molar-refractivity contribution is 0.107. The number of hydrogen-bond acceptors (Lipinski definition) is 5. The van der Waals surface area contributed by atoms with Crippen molar-refractivity contribution in [2.45, 2.75) is 18.4 Å². The molecule has 0 spiro atoms. The Morgan fingerprint density at radius 3 is 2.90 bits per heavy atom. The number of hydrogen-bond donors (Lipinski definition) is 1. The largest absolute Gasteiger partial charge is 0.472 e. The lowest BCUT2D eigenvalue weighted by atomic mass is 10.1. The highest BCUT2D eigenvalue weighted by Crippen LogP contribution is 2.27. The number of thioether (sulfide) groups is 1. The highest BCUT2D eigenvalue weighted by atomic mass is 35.5. The fraction of sp³-hybridized carbons (Fsp3) is 0.231. The van der Waals surface area contributed by atoms with E-state index >= 15 is 0 Å². The summed E-state index contributed by atoms with van der Waals surface area (Å²) in [5.74, 6) is 1.35. The quantitative estimate of drug-likeness (QED) is 0.499. The Labute approximate surface area is 132 Å². The molecular weight excluding hydrogens is 316 g/mol. The van der Waals surface area contributed by atoms with E-state index in [2.05, 4.69) is 17.9 Å². The number of carbonyl (C=O) groups is 1. The molecule has 0 N–H and O–H groups in total. The number of aromatic nitrogens is 2. The average molecular weight is 329 g/mol. The van der Waals surface area contributed by atoms with Crippen molar-refractivity contribution in [1.29, 1.82) is 0 Å². The van der Waals surface area contributed by atoms with E-state index in [1.54, 1.807) is 30.1 Å². The first-order chi connectivity index (χ1) is 9.61. The minimum absolute atomic E-state index is 0.238. The lowest BCUT2D eigenvalue weighted by Gasteiger charge is -2.12. The van der Waals surface area contributed by atoms with Crippen molar-refractivity contribution < 1.29 is 9.53 Å². The third-order valence-corrected chi connectivity index (χ3v) is 3.97. The summed E-state index contributed by atoms with van der Waals surface area (Å²) in [5.41, 5.74) is 1.25. The predicted octanol–water partition coefficient (Wildman–Crippen LogP) is 3.65. The fourth-order valence-electron chi connectivity index (χ4n) is 1.71. The summed E-state index contributed by atoms with van der Waals surface area (Å²) in [4.78, 5) is 12.5. The second kappa shape index (κ2) is 7.06. The smallest absolute Gasteiger partial charge is 0.252 e. The first-order valence-corrected chi connectivity index (χ1v) is 7.70. The Hall–Kier alpha value is -1.11. The van der Waals surface area contributed by atoms with Crippen LogP contribution in [0.3, 0.4) is 0 Å². The first kappa shape index (κ1) is 15.3. The molecule has 0 aliphatic rings. The van der Waals surface area contributed by atoms with E-state index in [1.807, 2.05) is 19.1 Å². The van der Waals surface area contributed by atoms with Crippen LogP contribution in [0.25, 0.3) is 0 Å². The van der Waals surface area contributed by atoms with Crippen LogP contribution in [0.15, 0.2) is 35.4 Å². The van der Waals surface area contributed by atoms with Gasteiger partial charge >= 0.3 is 0 Å². The van der Waals surface area contributed by atoms with Gasteiger partial charge < -0.3 is 4.74 Å². The molecule has 0 saturated carbocycles. The molecule has 0 bridgehead atoms. The minimum Gasteiger partial charge on any atom is -0.472 e. The van der Waals surface area contributed by atoms with Gasteiger partial charge in [-0.25, -0.2) is 4.09 Å². The summed E-state index contributed by atoms with van der Waals surface area (Å²) in [7, 11) is 0. The zero-order valence-corrected chi connectivity index (χ0v) is 13.2. The van der Waals surface area contributed by atoms with E-state index in [1.165, 1.54) is 4.09 Å². The molecule has 0 fully saturated rings. The molecule has 0 atom stereocenters. The Balaban J connectivity index is 2.25. The van der Waals surface area contributed by atoms with E-state index in [0.29, 0.717) is 11.4 Å². The normalized spacial score (nSPS) is 10.6. The molecule has 2 rings (SSSR count). The van der Waals surface area contributed by atoms with Crippen LogP contribution in [-0.2, 0) is 6.61 Å². The molecule has 1 aromatic carbocycles. The summed E-state index contributed by atoms with van der Waals surface area (Å²) in [6, 6.07) is 7.17. The molecule has 2 aromatic rings. The Kier molecular flexibility index (Phi) is 5.39. The topological polar surface area (TPSA) is 44.1 Å². The zero-order chi connectivity index (χ0) is 14.5. The second-order valence-corrected chi connectivity index (χ2v) is 5.91. The third-order valence-electron chi connectivity index (χ3n) is 2.56. The summed E-state index contributed by atoms with van der Waals surface area (Å²) in [6.07, 6.45) is 1.67. The monoisotopic (exact) mass is 328 g/mol. The fourth-order valence-corrected chi connectivity index (χ4v) is 2.87.